The van der Waals surface area contributed by atoms with Gasteiger partial charge in [0.2, 0.25) is 5.91 Å². The van der Waals surface area contributed by atoms with Gasteiger partial charge in [-0.3, -0.25) is 24.5 Å². The average Bonchev–Trinajstić information content (AvgIpc) is 2.83. The lowest BCUT2D eigenvalue weighted by Gasteiger charge is -2.42. The Morgan fingerprint density at radius 1 is 1.03 bits per heavy atom. The van der Waals surface area contributed by atoms with Crippen LogP contribution in [0.15, 0.2) is 48.9 Å². The zero-order chi connectivity index (χ0) is 20.8. The second kappa shape index (κ2) is 9.80. The second-order valence-electron chi connectivity index (χ2n) is 8.14. The van der Waals surface area contributed by atoms with E-state index in [0.29, 0.717) is 18.2 Å². The highest BCUT2D eigenvalue weighted by Crippen LogP contribution is 2.24. The van der Waals surface area contributed by atoms with Crippen LogP contribution < -0.4 is 5.32 Å². The van der Waals surface area contributed by atoms with E-state index in [1.54, 1.807) is 24.7 Å². The summed E-state index contributed by atoms with van der Waals surface area (Å²) < 4.78 is 0. The molecule has 0 unspecified atom stereocenters. The number of rotatable bonds is 5. The molecule has 2 aromatic rings. The first-order chi connectivity index (χ1) is 14.7. The number of likely N-dealkylation sites (tertiary alicyclic amines) is 2. The lowest BCUT2D eigenvalue weighted by molar-refractivity contribution is -0.127. The van der Waals surface area contributed by atoms with Crippen LogP contribution in [0, 0.1) is 5.92 Å². The third-order valence-electron chi connectivity index (χ3n) is 6.17. The molecule has 2 aromatic heterocycles. The largest absolute Gasteiger partial charge is 0.350 e. The molecular weight excluding hydrogens is 378 g/mol. The van der Waals surface area contributed by atoms with Gasteiger partial charge in [-0.1, -0.05) is 6.07 Å². The minimum atomic E-state index is 0.0255. The van der Waals surface area contributed by atoms with Gasteiger partial charge >= 0.3 is 0 Å². The number of hydrogen-bond acceptors (Lipinski definition) is 5. The molecule has 2 aliphatic heterocycles. The summed E-state index contributed by atoms with van der Waals surface area (Å²) >= 11 is 0. The van der Waals surface area contributed by atoms with Crippen molar-refractivity contribution < 1.29 is 9.59 Å². The van der Waals surface area contributed by atoms with E-state index in [4.69, 9.17) is 0 Å². The standard InChI is InChI=1S/C23H29N5O2/c29-22(26-16-20-7-1-2-11-25-20)19-6-4-12-28(17-19)21-8-13-27(14-9-21)23(30)18-5-3-10-24-15-18/h1-3,5,7,10-11,15,19,21H,4,6,8-9,12-14,16-17H2,(H,26,29)/t19-/m0/s1. The van der Waals surface area contributed by atoms with Crippen LogP contribution in [0.4, 0.5) is 0 Å². The van der Waals surface area contributed by atoms with Crippen molar-refractivity contribution in [1.82, 2.24) is 25.1 Å². The van der Waals surface area contributed by atoms with Crippen molar-refractivity contribution in [3.05, 3.63) is 60.2 Å². The van der Waals surface area contributed by atoms with Gasteiger partial charge < -0.3 is 10.2 Å². The van der Waals surface area contributed by atoms with Crippen LogP contribution in [-0.2, 0) is 11.3 Å². The summed E-state index contributed by atoms with van der Waals surface area (Å²) in [5.74, 6) is 0.207. The van der Waals surface area contributed by atoms with Crippen molar-refractivity contribution in [3.8, 4) is 0 Å². The lowest BCUT2D eigenvalue weighted by Crippen LogP contribution is -2.51. The SMILES string of the molecule is O=C(NCc1ccccn1)[C@H]1CCCN(C2CCN(C(=O)c3cccnc3)CC2)C1. The molecule has 0 aliphatic carbocycles. The number of carbonyl (C=O) groups is 2. The summed E-state index contributed by atoms with van der Waals surface area (Å²) in [6.07, 6.45) is 8.94. The molecule has 4 rings (SSSR count). The van der Waals surface area contributed by atoms with Crippen molar-refractivity contribution in [2.24, 2.45) is 5.92 Å². The third-order valence-corrected chi connectivity index (χ3v) is 6.17. The Hall–Kier alpha value is -2.80. The maximum Gasteiger partial charge on any atom is 0.255 e. The van der Waals surface area contributed by atoms with E-state index >= 15 is 0 Å². The number of hydrogen-bond donors (Lipinski definition) is 1. The summed E-state index contributed by atoms with van der Waals surface area (Å²) in [4.78, 5) is 38.0. The molecule has 30 heavy (non-hydrogen) atoms. The molecule has 2 amide bonds. The maximum atomic E-state index is 12.7. The highest BCUT2D eigenvalue weighted by molar-refractivity contribution is 5.93. The molecule has 0 spiro atoms. The first-order valence-corrected chi connectivity index (χ1v) is 10.8. The number of carbonyl (C=O) groups excluding carboxylic acids is 2. The number of pyridine rings is 2. The summed E-state index contributed by atoms with van der Waals surface area (Å²) in [6.45, 7) is 3.82. The van der Waals surface area contributed by atoms with Gasteiger partial charge in [0, 0.05) is 44.3 Å². The molecule has 7 nitrogen and oxygen atoms in total. The Bertz CT molecular complexity index is 837. The van der Waals surface area contributed by atoms with Gasteiger partial charge in [0.15, 0.2) is 0 Å². The van der Waals surface area contributed by atoms with Crippen LogP contribution >= 0.6 is 0 Å². The van der Waals surface area contributed by atoms with Crippen LogP contribution in [0.1, 0.15) is 41.7 Å². The summed E-state index contributed by atoms with van der Waals surface area (Å²) in [5.41, 5.74) is 1.53. The molecule has 0 bridgehead atoms. The van der Waals surface area contributed by atoms with Gasteiger partial charge in [-0.2, -0.15) is 0 Å². The van der Waals surface area contributed by atoms with Gasteiger partial charge in [0.1, 0.15) is 0 Å². The monoisotopic (exact) mass is 407 g/mol. The fourth-order valence-electron chi connectivity index (χ4n) is 4.48. The molecule has 2 fully saturated rings. The molecular formula is C23H29N5O2. The minimum Gasteiger partial charge on any atom is -0.350 e. The van der Waals surface area contributed by atoms with Crippen molar-refractivity contribution in [3.63, 3.8) is 0 Å². The Morgan fingerprint density at radius 3 is 2.63 bits per heavy atom. The van der Waals surface area contributed by atoms with Gasteiger partial charge in [-0.05, 0) is 56.5 Å². The Morgan fingerprint density at radius 2 is 1.90 bits per heavy atom. The summed E-state index contributed by atoms with van der Waals surface area (Å²) in [7, 11) is 0. The van der Waals surface area contributed by atoms with E-state index < -0.39 is 0 Å². The molecule has 0 aromatic carbocycles. The van der Waals surface area contributed by atoms with Gasteiger partial charge in [-0.15, -0.1) is 0 Å². The first-order valence-electron chi connectivity index (χ1n) is 10.8. The van der Waals surface area contributed by atoms with Crippen molar-refractivity contribution >= 4 is 11.8 Å². The third kappa shape index (κ3) is 5.02. The van der Waals surface area contributed by atoms with E-state index in [2.05, 4.69) is 20.2 Å². The van der Waals surface area contributed by atoms with E-state index in [0.717, 1.165) is 57.6 Å². The molecule has 158 valence electrons. The van der Waals surface area contributed by atoms with Crippen LogP contribution in [0.2, 0.25) is 0 Å². The van der Waals surface area contributed by atoms with Crippen LogP contribution in [0.25, 0.3) is 0 Å². The normalized spacial score (nSPS) is 20.7. The molecule has 2 saturated heterocycles. The molecule has 1 N–H and O–H groups in total. The number of nitrogens with one attached hydrogen (secondary N) is 1. The Labute approximate surface area is 177 Å². The van der Waals surface area contributed by atoms with E-state index in [1.165, 1.54) is 0 Å². The summed E-state index contributed by atoms with van der Waals surface area (Å²) in [5, 5.41) is 3.05. The van der Waals surface area contributed by atoms with Crippen LogP contribution in [0.3, 0.4) is 0 Å². The predicted molar refractivity (Wildman–Crippen MR) is 114 cm³/mol. The van der Waals surface area contributed by atoms with Crippen LogP contribution in [-0.4, -0.2) is 63.8 Å². The molecule has 7 heteroatoms. The van der Waals surface area contributed by atoms with Gasteiger partial charge in [0.05, 0.1) is 23.7 Å². The topological polar surface area (TPSA) is 78.4 Å². The highest BCUT2D eigenvalue weighted by atomic mass is 16.2. The molecule has 0 saturated carbocycles. The zero-order valence-corrected chi connectivity index (χ0v) is 17.2. The van der Waals surface area contributed by atoms with Crippen LogP contribution in [0.5, 0.6) is 0 Å². The van der Waals surface area contributed by atoms with E-state index in [-0.39, 0.29) is 17.7 Å². The minimum absolute atomic E-state index is 0.0255. The smallest absolute Gasteiger partial charge is 0.255 e. The molecule has 4 heterocycles. The van der Waals surface area contributed by atoms with Crippen molar-refractivity contribution in [1.29, 1.82) is 0 Å². The average molecular weight is 408 g/mol. The number of aromatic nitrogens is 2. The Balaban J connectivity index is 1.26. The van der Waals surface area contributed by atoms with Gasteiger partial charge in [0.25, 0.3) is 5.91 Å². The first kappa shape index (κ1) is 20.5. The predicted octanol–water partition coefficient (Wildman–Crippen LogP) is 2.11. The lowest BCUT2D eigenvalue weighted by atomic mass is 9.93. The van der Waals surface area contributed by atoms with E-state index in [1.807, 2.05) is 29.2 Å². The highest BCUT2D eigenvalue weighted by Gasteiger charge is 2.32. The number of amides is 2. The number of piperidine rings is 2. The Kier molecular flexibility index (Phi) is 6.69. The zero-order valence-electron chi connectivity index (χ0n) is 17.2. The van der Waals surface area contributed by atoms with Gasteiger partial charge in [-0.25, -0.2) is 0 Å². The summed E-state index contributed by atoms with van der Waals surface area (Å²) in [6, 6.07) is 9.79. The maximum absolute atomic E-state index is 12.7. The molecule has 0 radical (unpaired) electrons. The molecule has 1 atom stereocenters. The van der Waals surface area contributed by atoms with Crippen molar-refractivity contribution in [2.45, 2.75) is 38.3 Å². The van der Waals surface area contributed by atoms with E-state index in [9.17, 15) is 9.59 Å². The fraction of sp³-hybridized carbons (Fsp3) is 0.478. The molecule has 2 aliphatic rings. The quantitative estimate of drug-likeness (QED) is 0.821. The van der Waals surface area contributed by atoms with Crippen molar-refractivity contribution in [2.75, 3.05) is 26.2 Å². The second-order valence-corrected chi connectivity index (χ2v) is 8.14. The fourth-order valence-corrected chi connectivity index (χ4v) is 4.48. The number of nitrogens with zero attached hydrogens (tertiary/aromatic N) is 4.